The van der Waals surface area contributed by atoms with Crippen LogP contribution in [-0.2, 0) is 4.79 Å². The second kappa shape index (κ2) is 6.02. The number of hydrogen-bond acceptors (Lipinski definition) is 3. The Labute approximate surface area is 115 Å². The van der Waals surface area contributed by atoms with E-state index in [1.807, 2.05) is 5.32 Å². The first-order chi connectivity index (χ1) is 7.90. The van der Waals surface area contributed by atoms with Crippen LogP contribution in [0.4, 0.5) is 4.79 Å². The number of carbonyl (C=O) groups is 2. The molecule has 0 unspecified atom stereocenters. The van der Waals surface area contributed by atoms with Gasteiger partial charge >= 0.3 is 6.03 Å². The Bertz CT molecular complexity index is 451. The maximum Gasteiger partial charge on any atom is 0.318 e. The van der Waals surface area contributed by atoms with Crippen molar-refractivity contribution in [2.45, 2.75) is 13.0 Å². The fraction of sp³-hybridized carbons (Fsp3) is 0.200. The first-order valence-electron chi connectivity index (χ1n) is 4.62. The number of hydrogen-bond donors (Lipinski definition) is 2. The molecule has 17 heavy (non-hydrogen) atoms. The van der Waals surface area contributed by atoms with Crippen LogP contribution in [0.15, 0.2) is 27.1 Å². The summed E-state index contributed by atoms with van der Waals surface area (Å²) in [6, 6.07) is 4.36. The Morgan fingerprint density at radius 1 is 1.41 bits per heavy atom. The highest BCUT2D eigenvalue weighted by Gasteiger charge is 2.17. The van der Waals surface area contributed by atoms with Crippen LogP contribution in [0.3, 0.4) is 0 Å². The third-order valence-corrected chi connectivity index (χ3v) is 2.93. The average molecular weight is 366 g/mol. The maximum absolute atomic E-state index is 11.4. The van der Waals surface area contributed by atoms with Crippen molar-refractivity contribution in [3.05, 3.63) is 27.1 Å². The summed E-state index contributed by atoms with van der Waals surface area (Å²) < 4.78 is 6.96. The van der Waals surface area contributed by atoms with Gasteiger partial charge in [0.25, 0.3) is 5.91 Å². The van der Waals surface area contributed by atoms with Crippen LogP contribution in [0.25, 0.3) is 0 Å². The van der Waals surface area contributed by atoms with Gasteiger partial charge < -0.3 is 10.5 Å². The number of primary amides is 1. The molecule has 1 aromatic carbocycles. The second-order valence-corrected chi connectivity index (χ2v) is 4.96. The number of carbonyl (C=O) groups excluding carboxylic acids is 2. The molecule has 0 aliphatic rings. The Morgan fingerprint density at radius 2 is 2.06 bits per heavy atom. The molecule has 3 amide bonds. The maximum atomic E-state index is 11.4. The third kappa shape index (κ3) is 4.35. The van der Waals surface area contributed by atoms with E-state index in [2.05, 4.69) is 31.9 Å². The topological polar surface area (TPSA) is 81.4 Å². The van der Waals surface area contributed by atoms with Gasteiger partial charge in [-0.05, 0) is 41.1 Å². The van der Waals surface area contributed by atoms with E-state index >= 15 is 0 Å². The number of nitrogens with two attached hydrogens (primary N) is 1. The van der Waals surface area contributed by atoms with Crippen LogP contribution in [0.5, 0.6) is 5.75 Å². The van der Waals surface area contributed by atoms with Gasteiger partial charge in [-0.1, -0.05) is 15.9 Å². The molecule has 1 rings (SSSR count). The fourth-order valence-electron chi connectivity index (χ4n) is 1.04. The van der Waals surface area contributed by atoms with Crippen molar-refractivity contribution in [3.63, 3.8) is 0 Å². The lowest BCUT2D eigenvalue weighted by atomic mass is 10.3. The number of amides is 3. The highest BCUT2D eigenvalue weighted by molar-refractivity contribution is 9.11. The predicted molar refractivity (Wildman–Crippen MR) is 69.7 cm³/mol. The Kier molecular flexibility index (Phi) is 4.95. The van der Waals surface area contributed by atoms with E-state index in [4.69, 9.17) is 10.5 Å². The molecular weight excluding hydrogens is 356 g/mol. The van der Waals surface area contributed by atoms with E-state index in [1.165, 1.54) is 6.92 Å². The van der Waals surface area contributed by atoms with E-state index in [1.54, 1.807) is 18.2 Å². The molecule has 0 saturated carbocycles. The molecule has 0 fully saturated rings. The fourth-order valence-corrected chi connectivity index (χ4v) is 2.18. The molecule has 0 radical (unpaired) electrons. The van der Waals surface area contributed by atoms with Crippen LogP contribution in [0.1, 0.15) is 6.92 Å². The number of urea groups is 1. The molecule has 1 aromatic rings. The summed E-state index contributed by atoms with van der Waals surface area (Å²) in [5, 5.41) is 1.94. The van der Waals surface area contributed by atoms with E-state index in [-0.39, 0.29) is 0 Å². The molecule has 0 aliphatic carbocycles. The first-order valence-corrected chi connectivity index (χ1v) is 6.20. The number of rotatable bonds is 3. The van der Waals surface area contributed by atoms with Gasteiger partial charge in [-0.2, -0.15) is 0 Å². The normalized spacial score (nSPS) is 11.7. The lowest BCUT2D eigenvalue weighted by molar-refractivity contribution is -0.126. The quantitative estimate of drug-likeness (QED) is 0.861. The Morgan fingerprint density at radius 3 is 2.59 bits per heavy atom. The van der Waals surface area contributed by atoms with Crippen LogP contribution in [0, 0.1) is 0 Å². The molecule has 0 aromatic heterocycles. The van der Waals surface area contributed by atoms with Gasteiger partial charge in [-0.3, -0.25) is 10.1 Å². The highest BCUT2D eigenvalue weighted by Crippen LogP contribution is 2.28. The van der Waals surface area contributed by atoms with E-state index in [0.29, 0.717) is 10.2 Å². The highest BCUT2D eigenvalue weighted by atomic mass is 79.9. The first kappa shape index (κ1) is 14.0. The third-order valence-electron chi connectivity index (χ3n) is 1.81. The van der Waals surface area contributed by atoms with Crippen LogP contribution in [0.2, 0.25) is 0 Å². The molecule has 1 atom stereocenters. The number of benzene rings is 1. The van der Waals surface area contributed by atoms with Gasteiger partial charge in [0.05, 0.1) is 4.47 Å². The standard InChI is InChI=1S/C10H10Br2N2O3/c1-5(9(15)14-10(13)16)17-8-3-2-6(11)4-7(8)12/h2-5H,1H3,(H3,13,14,15,16)/t5-/m1/s1. The minimum absolute atomic E-state index is 0.500. The summed E-state index contributed by atoms with van der Waals surface area (Å²) in [6.45, 7) is 1.52. The molecule has 7 heteroatoms. The molecule has 0 saturated heterocycles. The van der Waals surface area contributed by atoms with E-state index < -0.39 is 18.0 Å². The SMILES string of the molecule is C[C@@H](Oc1ccc(Br)cc1Br)C(=O)NC(N)=O. The zero-order valence-corrected chi connectivity index (χ0v) is 12.0. The van der Waals surface area contributed by atoms with Crippen molar-refractivity contribution in [2.24, 2.45) is 5.73 Å². The van der Waals surface area contributed by atoms with Crippen LogP contribution < -0.4 is 15.8 Å². The lowest BCUT2D eigenvalue weighted by Gasteiger charge is -2.14. The molecule has 5 nitrogen and oxygen atoms in total. The minimum atomic E-state index is -0.902. The zero-order chi connectivity index (χ0) is 13.0. The van der Waals surface area contributed by atoms with Crippen molar-refractivity contribution in [1.82, 2.24) is 5.32 Å². The molecule has 0 bridgehead atoms. The number of halogens is 2. The Balaban J connectivity index is 2.70. The summed E-state index contributed by atoms with van der Waals surface area (Å²) in [6.07, 6.45) is -0.819. The van der Waals surface area contributed by atoms with Gasteiger partial charge in [0.1, 0.15) is 5.75 Å². The number of imide groups is 1. The van der Waals surface area contributed by atoms with E-state index in [0.717, 1.165) is 4.47 Å². The van der Waals surface area contributed by atoms with Gasteiger partial charge in [-0.25, -0.2) is 4.79 Å². The van der Waals surface area contributed by atoms with Crippen molar-refractivity contribution in [1.29, 1.82) is 0 Å². The van der Waals surface area contributed by atoms with Gasteiger partial charge in [0.2, 0.25) is 0 Å². The number of nitrogens with one attached hydrogen (secondary N) is 1. The number of ether oxygens (including phenoxy) is 1. The van der Waals surface area contributed by atoms with Gasteiger partial charge in [0.15, 0.2) is 6.10 Å². The van der Waals surface area contributed by atoms with E-state index in [9.17, 15) is 9.59 Å². The summed E-state index contributed by atoms with van der Waals surface area (Å²) in [7, 11) is 0. The summed E-state index contributed by atoms with van der Waals surface area (Å²) in [4.78, 5) is 21.9. The molecular formula is C10H10Br2N2O3. The summed E-state index contributed by atoms with van der Waals surface area (Å²) in [5.41, 5.74) is 4.83. The van der Waals surface area contributed by atoms with Gasteiger partial charge in [0, 0.05) is 4.47 Å². The van der Waals surface area contributed by atoms with Crippen LogP contribution >= 0.6 is 31.9 Å². The van der Waals surface area contributed by atoms with Crippen LogP contribution in [-0.4, -0.2) is 18.0 Å². The minimum Gasteiger partial charge on any atom is -0.480 e. The molecule has 92 valence electrons. The zero-order valence-electron chi connectivity index (χ0n) is 8.87. The summed E-state index contributed by atoms with van der Waals surface area (Å²) in [5.74, 6) is -0.0901. The van der Waals surface area contributed by atoms with Gasteiger partial charge in [-0.15, -0.1) is 0 Å². The lowest BCUT2D eigenvalue weighted by Crippen LogP contribution is -2.42. The molecule has 0 aliphatic heterocycles. The average Bonchev–Trinajstić information content (AvgIpc) is 2.21. The predicted octanol–water partition coefficient (Wildman–Crippen LogP) is 2.17. The summed E-state index contributed by atoms with van der Waals surface area (Å²) >= 11 is 6.60. The molecule has 3 N–H and O–H groups in total. The molecule has 0 spiro atoms. The Hall–Kier alpha value is -1.08. The van der Waals surface area contributed by atoms with Crippen molar-refractivity contribution in [2.75, 3.05) is 0 Å². The molecule has 0 heterocycles. The smallest absolute Gasteiger partial charge is 0.318 e. The largest absolute Gasteiger partial charge is 0.480 e. The second-order valence-electron chi connectivity index (χ2n) is 3.19. The van der Waals surface area contributed by atoms with Crippen molar-refractivity contribution < 1.29 is 14.3 Å². The monoisotopic (exact) mass is 364 g/mol. The van der Waals surface area contributed by atoms with Crippen molar-refractivity contribution >= 4 is 43.8 Å². The van der Waals surface area contributed by atoms with Crippen molar-refractivity contribution in [3.8, 4) is 5.75 Å².